The lowest BCUT2D eigenvalue weighted by Crippen LogP contribution is -2.59. The first-order valence-electron chi connectivity index (χ1n) is 10.7. The number of rotatable bonds is 6. The molecule has 0 radical (unpaired) electrons. The molecule has 4 fully saturated rings. The van der Waals surface area contributed by atoms with Gasteiger partial charge >= 0.3 is 5.97 Å². The van der Waals surface area contributed by atoms with E-state index in [1.54, 1.807) is 18.0 Å². The lowest BCUT2D eigenvalue weighted by atomic mass is 9.46. The van der Waals surface area contributed by atoms with E-state index in [0.29, 0.717) is 35.4 Å². The van der Waals surface area contributed by atoms with Gasteiger partial charge in [0.2, 0.25) is 0 Å². The highest BCUT2D eigenvalue weighted by Crippen LogP contribution is 2.65. The summed E-state index contributed by atoms with van der Waals surface area (Å²) in [7, 11) is 1.58. The average Bonchev–Trinajstić information content (AvgIpc) is 2.69. The molecule has 1 aromatic heterocycles. The molecule has 8 heteroatoms. The van der Waals surface area contributed by atoms with Crippen LogP contribution in [0.5, 0.6) is 5.75 Å². The molecule has 0 amide bonds. The van der Waals surface area contributed by atoms with E-state index in [1.807, 2.05) is 24.3 Å². The van der Waals surface area contributed by atoms with Crippen molar-refractivity contribution < 1.29 is 14.6 Å². The summed E-state index contributed by atoms with van der Waals surface area (Å²) in [4.78, 5) is 24.9. The molecule has 2 aromatic rings. The number of aliphatic carboxylic acids is 1. The average molecular weight is 444 g/mol. The van der Waals surface area contributed by atoms with Crippen molar-refractivity contribution in [3.63, 3.8) is 0 Å². The number of para-hydroxylation sites is 2. The maximum Gasteiger partial charge on any atom is 0.303 e. The van der Waals surface area contributed by atoms with Crippen molar-refractivity contribution in [3.8, 4) is 5.75 Å². The first kappa shape index (κ1) is 20.4. The van der Waals surface area contributed by atoms with Crippen molar-refractivity contribution in [2.45, 2.75) is 50.5 Å². The lowest BCUT2D eigenvalue weighted by Gasteiger charge is -2.61. The summed E-state index contributed by atoms with van der Waals surface area (Å²) in [6.45, 7) is 0. The first-order chi connectivity index (χ1) is 14.8. The molecule has 1 heterocycles. The molecule has 6 rings (SSSR count). The minimum absolute atomic E-state index is 0.0870. The summed E-state index contributed by atoms with van der Waals surface area (Å²) in [5.41, 5.74) is 0.119. The Morgan fingerprint density at radius 2 is 1.97 bits per heavy atom. The van der Waals surface area contributed by atoms with Crippen molar-refractivity contribution in [1.29, 1.82) is 0 Å². The van der Waals surface area contributed by atoms with E-state index in [0.717, 1.165) is 32.1 Å². The molecule has 164 valence electrons. The zero-order valence-corrected chi connectivity index (χ0v) is 18.2. The first-order valence-corrected chi connectivity index (χ1v) is 11.1. The molecule has 4 saturated carbocycles. The molecule has 0 unspecified atom stereocenters. The summed E-state index contributed by atoms with van der Waals surface area (Å²) in [6.07, 6.45) is 7.18. The Labute approximate surface area is 185 Å². The van der Waals surface area contributed by atoms with Crippen LogP contribution >= 0.6 is 11.6 Å². The third kappa shape index (κ3) is 3.39. The Kier molecular flexibility index (Phi) is 4.77. The summed E-state index contributed by atoms with van der Waals surface area (Å²) in [5.74, 6) is 0.769. The molecule has 31 heavy (non-hydrogen) atoms. The monoisotopic (exact) mass is 443 g/mol. The van der Waals surface area contributed by atoms with E-state index in [9.17, 15) is 14.7 Å². The van der Waals surface area contributed by atoms with Crippen LogP contribution in [0.1, 0.15) is 44.9 Å². The number of hydrogen-bond acceptors (Lipinski definition) is 5. The molecule has 1 aromatic carbocycles. The number of carboxylic acid groups (broad SMARTS) is 1. The van der Waals surface area contributed by atoms with Crippen LogP contribution < -0.4 is 15.6 Å². The SMILES string of the molecule is COc1ccccc1Nc1cnn(C23C[C@@H]4C[C@H](CC(CC(=O)O)(C4)C2)C3)c(=O)c1Cl. The molecule has 0 aliphatic heterocycles. The summed E-state index contributed by atoms with van der Waals surface area (Å²) < 4.78 is 6.93. The number of nitrogens with zero attached hydrogens (tertiary/aromatic N) is 2. The van der Waals surface area contributed by atoms with Crippen molar-refractivity contribution in [2.24, 2.45) is 17.3 Å². The second kappa shape index (κ2) is 7.26. The Morgan fingerprint density at radius 3 is 2.65 bits per heavy atom. The predicted octanol–water partition coefficient (Wildman–Crippen LogP) is 4.42. The van der Waals surface area contributed by atoms with E-state index < -0.39 is 11.5 Å². The Hall–Kier alpha value is -2.54. The molecule has 4 aliphatic rings. The van der Waals surface area contributed by atoms with E-state index in [-0.39, 0.29) is 22.4 Å². The Bertz CT molecular complexity index is 1080. The maximum absolute atomic E-state index is 13.4. The van der Waals surface area contributed by atoms with Crippen LogP contribution in [0.3, 0.4) is 0 Å². The van der Waals surface area contributed by atoms with Crippen LogP contribution in [0, 0.1) is 17.3 Å². The molecule has 4 aliphatic carbocycles. The van der Waals surface area contributed by atoms with E-state index in [4.69, 9.17) is 16.3 Å². The third-order valence-corrected chi connectivity index (χ3v) is 7.79. The number of aromatic nitrogens is 2. The van der Waals surface area contributed by atoms with Gasteiger partial charge in [0.1, 0.15) is 10.8 Å². The van der Waals surface area contributed by atoms with Gasteiger partial charge in [-0.25, -0.2) is 4.68 Å². The standard InChI is InChI=1S/C23H26ClN3O4/c1-31-18-5-3-2-4-16(18)26-17-12-25-27(21(30)20(17)24)23-9-14-6-15(10-23)8-22(7-14,13-23)11-19(28)29/h2-5,12,14-15,26H,6-11,13H2,1H3,(H,28,29)/t14-,15-,22?,23?/m1/s1. The molecule has 2 N–H and O–H groups in total. The fourth-order valence-corrected chi connectivity index (χ4v) is 7.10. The summed E-state index contributed by atoms with van der Waals surface area (Å²) in [6, 6.07) is 7.39. The van der Waals surface area contributed by atoms with Gasteiger partial charge in [-0.15, -0.1) is 0 Å². The van der Waals surface area contributed by atoms with Crippen LogP contribution in [0.4, 0.5) is 11.4 Å². The maximum atomic E-state index is 13.4. The van der Waals surface area contributed by atoms with Crippen LogP contribution in [-0.4, -0.2) is 28.0 Å². The van der Waals surface area contributed by atoms with Crippen LogP contribution in [0.25, 0.3) is 0 Å². The molecular formula is C23H26ClN3O4. The van der Waals surface area contributed by atoms with Crippen LogP contribution in [0.15, 0.2) is 35.3 Å². The Morgan fingerprint density at radius 1 is 1.26 bits per heavy atom. The zero-order chi connectivity index (χ0) is 21.8. The fourth-order valence-electron chi connectivity index (χ4n) is 6.93. The molecule has 0 saturated heterocycles. The quantitative estimate of drug-likeness (QED) is 0.686. The van der Waals surface area contributed by atoms with Crippen molar-refractivity contribution in [2.75, 3.05) is 12.4 Å². The lowest BCUT2D eigenvalue weighted by molar-refractivity contribution is -0.151. The molecular weight excluding hydrogens is 418 g/mol. The van der Waals surface area contributed by atoms with Gasteiger partial charge in [0.05, 0.1) is 36.6 Å². The summed E-state index contributed by atoms with van der Waals surface area (Å²) >= 11 is 6.53. The van der Waals surface area contributed by atoms with Gasteiger partial charge in [0.15, 0.2) is 0 Å². The zero-order valence-electron chi connectivity index (χ0n) is 17.4. The highest BCUT2D eigenvalue weighted by atomic mass is 35.5. The number of hydrogen-bond donors (Lipinski definition) is 2. The van der Waals surface area contributed by atoms with Crippen molar-refractivity contribution in [3.05, 3.63) is 45.8 Å². The number of benzene rings is 1. The summed E-state index contributed by atoms with van der Waals surface area (Å²) in [5, 5.41) is 17.3. The smallest absolute Gasteiger partial charge is 0.303 e. The third-order valence-electron chi connectivity index (χ3n) is 7.42. The predicted molar refractivity (Wildman–Crippen MR) is 117 cm³/mol. The molecule has 7 nitrogen and oxygen atoms in total. The van der Waals surface area contributed by atoms with Gasteiger partial charge in [-0.3, -0.25) is 9.59 Å². The van der Waals surface area contributed by atoms with Gasteiger partial charge in [0.25, 0.3) is 5.56 Å². The number of nitrogens with one attached hydrogen (secondary N) is 1. The highest BCUT2D eigenvalue weighted by molar-refractivity contribution is 6.33. The van der Waals surface area contributed by atoms with Crippen LogP contribution in [0.2, 0.25) is 5.02 Å². The molecule has 0 spiro atoms. The van der Waals surface area contributed by atoms with E-state index in [1.165, 1.54) is 0 Å². The number of methoxy groups -OCH3 is 1. The van der Waals surface area contributed by atoms with Gasteiger partial charge in [-0.1, -0.05) is 23.7 Å². The topological polar surface area (TPSA) is 93.4 Å². The second-order valence-electron chi connectivity index (χ2n) is 9.67. The minimum Gasteiger partial charge on any atom is -0.495 e. The minimum atomic E-state index is -0.758. The molecule has 2 atom stereocenters. The number of anilines is 2. The number of carboxylic acids is 1. The van der Waals surface area contributed by atoms with Gasteiger partial charge in [-0.05, 0) is 67.9 Å². The van der Waals surface area contributed by atoms with Crippen LogP contribution in [-0.2, 0) is 10.3 Å². The van der Waals surface area contributed by atoms with E-state index in [2.05, 4.69) is 10.4 Å². The van der Waals surface area contributed by atoms with Gasteiger partial charge in [0, 0.05) is 0 Å². The molecule has 4 bridgehead atoms. The largest absolute Gasteiger partial charge is 0.495 e. The van der Waals surface area contributed by atoms with Crippen molar-refractivity contribution in [1.82, 2.24) is 9.78 Å². The fraction of sp³-hybridized carbons (Fsp3) is 0.522. The highest BCUT2D eigenvalue weighted by Gasteiger charge is 2.59. The van der Waals surface area contributed by atoms with E-state index >= 15 is 0 Å². The van der Waals surface area contributed by atoms with Gasteiger partial charge in [-0.2, -0.15) is 5.10 Å². The number of carbonyl (C=O) groups is 1. The normalized spacial score (nSPS) is 30.9. The van der Waals surface area contributed by atoms with Crippen molar-refractivity contribution >= 4 is 28.9 Å². The van der Waals surface area contributed by atoms with Gasteiger partial charge < -0.3 is 15.2 Å². The number of ether oxygens (including phenoxy) is 1. The number of halogens is 1. The second-order valence-corrected chi connectivity index (χ2v) is 10.0. The Balaban J connectivity index is 1.51.